The van der Waals surface area contributed by atoms with Crippen LogP contribution in [-0.2, 0) is 4.74 Å². The lowest BCUT2D eigenvalue weighted by atomic mass is 9.96. The van der Waals surface area contributed by atoms with Gasteiger partial charge in [-0.1, -0.05) is 20.8 Å². The summed E-state index contributed by atoms with van der Waals surface area (Å²) >= 11 is 0. The predicted molar refractivity (Wildman–Crippen MR) is 73.3 cm³/mol. The maximum absolute atomic E-state index is 5.54. The van der Waals surface area contributed by atoms with Crippen molar-refractivity contribution in [1.82, 2.24) is 10.2 Å². The summed E-state index contributed by atoms with van der Waals surface area (Å²) in [6.07, 6.45) is 2.96. The van der Waals surface area contributed by atoms with Gasteiger partial charge in [-0.25, -0.2) is 0 Å². The zero-order chi connectivity index (χ0) is 12.7. The quantitative estimate of drug-likeness (QED) is 0.691. The Morgan fingerprint density at radius 1 is 1.41 bits per heavy atom. The highest BCUT2D eigenvalue weighted by Gasteiger charge is 2.25. The van der Waals surface area contributed by atoms with E-state index in [2.05, 4.69) is 31.0 Å². The van der Waals surface area contributed by atoms with Crippen molar-refractivity contribution < 1.29 is 4.74 Å². The Morgan fingerprint density at radius 2 is 2.18 bits per heavy atom. The van der Waals surface area contributed by atoms with Gasteiger partial charge < -0.3 is 15.0 Å². The van der Waals surface area contributed by atoms with Crippen LogP contribution in [0, 0.1) is 11.8 Å². The van der Waals surface area contributed by atoms with Gasteiger partial charge in [0.05, 0.1) is 6.10 Å². The van der Waals surface area contributed by atoms with Crippen LogP contribution in [0.25, 0.3) is 0 Å². The molecule has 0 aliphatic carbocycles. The fraction of sp³-hybridized carbons (Fsp3) is 1.00. The molecular formula is C14H30N2O. The van der Waals surface area contributed by atoms with E-state index in [1.54, 1.807) is 0 Å². The van der Waals surface area contributed by atoms with Crippen LogP contribution in [0.1, 0.15) is 33.6 Å². The van der Waals surface area contributed by atoms with Crippen molar-refractivity contribution >= 4 is 0 Å². The lowest BCUT2D eigenvalue weighted by molar-refractivity contribution is -0.00506. The molecule has 1 saturated heterocycles. The summed E-state index contributed by atoms with van der Waals surface area (Å²) in [4.78, 5) is 2.55. The Balaban J connectivity index is 2.07. The molecule has 3 heteroatoms. The van der Waals surface area contributed by atoms with E-state index in [1.807, 2.05) is 7.11 Å². The highest BCUT2D eigenvalue weighted by molar-refractivity contribution is 4.78. The fourth-order valence-electron chi connectivity index (χ4n) is 2.43. The number of methoxy groups -OCH3 is 1. The van der Waals surface area contributed by atoms with E-state index in [0.29, 0.717) is 6.10 Å². The largest absolute Gasteiger partial charge is 0.380 e. The molecule has 0 radical (unpaired) electrons. The van der Waals surface area contributed by atoms with Gasteiger partial charge in [-0.05, 0) is 50.9 Å². The van der Waals surface area contributed by atoms with Crippen molar-refractivity contribution in [3.8, 4) is 0 Å². The van der Waals surface area contributed by atoms with Crippen molar-refractivity contribution in [2.24, 2.45) is 11.8 Å². The standard InChI is InChI=1S/C14H30N2O/c1-12(2)10-15-7-5-8-16-9-6-13(3)14(11-16)17-4/h12-15H,5-11H2,1-4H3. The summed E-state index contributed by atoms with van der Waals surface area (Å²) in [5.41, 5.74) is 0. The molecular weight excluding hydrogens is 212 g/mol. The summed E-state index contributed by atoms with van der Waals surface area (Å²) in [6, 6.07) is 0. The van der Waals surface area contributed by atoms with Crippen LogP contribution < -0.4 is 5.32 Å². The topological polar surface area (TPSA) is 24.5 Å². The fourth-order valence-corrected chi connectivity index (χ4v) is 2.43. The number of ether oxygens (including phenoxy) is 1. The summed E-state index contributed by atoms with van der Waals surface area (Å²) < 4.78 is 5.54. The number of nitrogens with one attached hydrogen (secondary N) is 1. The second-order valence-corrected chi connectivity index (χ2v) is 5.79. The van der Waals surface area contributed by atoms with Crippen LogP contribution in [0.15, 0.2) is 0 Å². The van der Waals surface area contributed by atoms with Gasteiger partial charge in [0.1, 0.15) is 0 Å². The molecule has 1 aliphatic heterocycles. The van der Waals surface area contributed by atoms with Crippen molar-refractivity contribution in [3.05, 3.63) is 0 Å². The molecule has 1 N–H and O–H groups in total. The predicted octanol–water partition coefficient (Wildman–Crippen LogP) is 1.98. The molecule has 2 unspecified atom stereocenters. The molecule has 1 heterocycles. The average Bonchev–Trinajstić information content (AvgIpc) is 2.30. The number of nitrogens with zero attached hydrogens (tertiary/aromatic N) is 1. The van der Waals surface area contributed by atoms with E-state index >= 15 is 0 Å². The van der Waals surface area contributed by atoms with E-state index in [9.17, 15) is 0 Å². The Labute approximate surface area is 107 Å². The van der Waals surface area contributed by atoms with E-state index in [4.69, 9.17) is 4.74 Å². The molecule has 0 saturated carbocycles. The first-order valence-corrected chi connectivity index (χ1v) is 7.09. The third kappa shape index (κ3) is 5.84. The SMILES string of the molecule is COC1CN(CCCNCC(C)C)CCC1C. The van der Waals surface area contributed by atoms with Gasteiger partial charge in [0.2, 0.25) is 0 Å². The van der Waals surface area contributed by atoms with E-state index < -0.39 is 0 Å². The third-order valence-corrected chi connectivity index (χ3v) is 3.66. The van der Waals surface area contributed by atoms with E-state index in [-0.39, 0.29) is 0 Å². The van der Waals surface area contributed by atoms with Gasteiger partial charge in [-0.3, -0.25) is 0 Å². The van der Waals surface area contributed by atoms with Crippen LogP contribution in [0.2, 0.25) is 0 Å². The Morgan fingerprint density at radius 3 is 2.82 bits per heavy atom. The lowest BCUT2D eigenvalue weighted by Crippen LogP contribution is -2.44. The summed E-state index contributed by atoms with van der Waals surface area (Å²) in [5, 5.41) is 3.50. The lowest BCUT2D eigenvalue weighted by Gasteiger charge is -2.36. The molecule has 1 fully saturated rings. The van der Waals surface area contributed by atoms with E-state index in [0.717, 1.165) is 31.5 Å². The number of hydrogen-bond donors (Lipinski definition) is 1. The van der Waals surface area contributed by atoms with Gasteiger partial charge in [-0.2, -0.15) is 0 Å². The maximum Gasteiger partial charge on any atom is 0.0724 e. The average molecular weight is 242 g/mol. The highest BCUT2D eigenvalue weighted by Crippen LogP contribution is 2.19. The minimum atomic E-state index is 0.437. The number of hydrogen-bond acceptors (Lipinski definition) is 3. The molecule has 2 atom stereocenters. The summed E-state index contributed by atoms with van der Waals surface area (Å²) in [7, 11) is 1.84. The smallest absolute Gasteiger partial charge is 0.0724 e. The van der Waals surface area contributed by atoms with Crippen molar-refractivity contribution in [2.75, 3.05) is 39.8 Å². The minimum absolute atomic E-state index is 0.437. The molecule has 0 spiro atoms. The molecule has 17 heavy (non-hydrogen) atoms. The normalized spacial score (nSPS) is 26.6. The summed E-state index contributed by atoms with van der Waals surface area (Å²) in [6.45, 7) is 12.6. The molecule has 1 aliphatic rings. The van der Waals surface area contributed by atoms with E-state index in [1.165, 1.54) is 25.9 Å². The molecule has 0 aromatic carbocycles. The third-order valence-electron chi connectivity index (χ3n) is 3.66. The molecule has 0 aromatic rings. The number of likely N-dealkylation sites (tertiary alicyclic amines) is 1. The van der Waals surface area contributed by atoms with Crippen LogP contribution in [0.3, 0.4) is 0 Å². The Hall–Kier alpha value is -0.120. The second-order valence-electron chi connectivity index (χ2n) is 5.79. The maximum atomic E-state index is 5.54. The molecule has 102 valence electrons. The molecule has 3 nitrogen and oxygen atoms in total. The zero-order valence-electron chi connectivity index (χ0n) is 12.0. The minimum Gasteiger partial charge on any atom is -0.380 e. The Bertz CT molecular complexity index is 197. The first kappa shape index (κ1) is 14.9. The molecule has 0 aromatic heterocycles. The first-order valence-electron chi connectivity index (χ1n) is 7.09. The second kappa shape index (κ2) is 8.06. The molecule has 0 bridgehead atoms. The Kier molecular flexibility index (Phi) is 7.09. The summed E-state index contributed by atoms with van der Waals surface area (Å²) in [5.74, 6) is 1.47. The molecule has 0 amide bonds. The van der Waals surface area contributed by atoms with Gasteiger partial charge in [-0.15, -0.1) is 0 Å². The van der Waals surface area contributed by atoms with Crippen molar-refractivity contribution in [1.29, 1.82) is 0 Å². The van der Waals surface area contributed by atoms with Crippen LogP contribution >= 0.6 is 0 Å². The van der Waals surface area contributed by atoms with Crippen LogP contribution in [-0.4, -0.2) is 50.8 Å². The zero-order valence-corrected chi connectivity index (χ0v) is 12.0. The van der Waals surface area contributed by atoms with Gasteiger partial charge in [0.25, 0.3) is 0 Å². The van der Waals surface area contributed by atoms with Crippen molar-refractivity contribution in [2.45, 2.75) is 39.7 Å². The highest BCUT2D eigenvalue weighted by atomic mass is 16.5. The number of piperidine rings is 1. The monoisotopic (exact) mass is 242 g/mol. The van der Waals surface area contributed by atoms with Crippen molar-refractivity contribution in [3.63, 3.8) is 0 Å². The molecule has 1 rings (SSSR count). The van der Waals surface area contributed by atoms with Crippen LogP contribution in [0.4, 0.5) is 0 Å². The van der Waals surface area contributed by atoms with Gasteiger partial charge in [0, 0.05) is 13.7 Å². The van der Waals surface area contributed by atoms with Crippen LogP contribution in [0.5, 0.6) is 0 Å². The van der Waals surface area contributed by atoms with Gasteiger partial charge in [0.15, 0.2) is 0 Å². The van der Waals surface area contributed by atoms with Gasteiger partial charge >= 0.3 is 0 Å². The number of rotatable bonds is 7. The first-order chi connectivity index (χ1) is 8.13.